The smallest absolute Gasteiger partial charge is 0.155 e. The molecule has 0 fully saturated rings. The molecule has 0 radical (unpaired) electrons. The van der Waals surface area contributed by atoms with E-state index in [4.69, 9.17) is 16.0 Å². The maximum absolute atomic E-state index is 6.01. The van der Waals surface area contributed by atoms with E-state index in [0.717, 1.165) is 16.5 Å². The first-order valence-electron chi connectivity index (χ1n) is 4.28. The summed E-state index contributed by atoms with van der Waals surface area (Å²) in [4.78, 5) is 4.26. The van der Waals surface area contributed by atoms with E-state index < -0.39 is 0 Å². The van der Waals surface area contributed by atoms with Crippen LogP contribution in [0.5, 0.6) is 0 Å². The molecule has 3 rings (SSSR count). The number of benzene rings is 1. The van der Waals surface area contributed by atoms with Crippen LogP contribution in [0.1, 0.15) is 0 Å². The molecule has 2 nitrogen and oxygen atoms in total. The lowest BCUT2D eigenvalue weighted by Crippen LogP contribution is -1.70. The molecule has 0 aliphatic heterocycles. The molecule has 0 atom stereocenters. The summed E-state index contributed by atoms with van der Waals surface area (Å²) in [6.07, 6.45) is 1.75. The topological polar surface area (TPSA) is 26.0 Å². The van der Waals surface area contributed by atoms with Crippen molar-refractivity contribution >= 4 is 33.7 Å². The molecule has 2 heterocycles. The van der Waals surface area contributed by atoms with Crippen LogP contribution in [-0.4, -0.2) is 4.98 Å². The van der Waals surface area contributed by atoms with Gasteiger partial charge in [0.1, 0.15) is 5.52 Å². The quantitative estimate of drug-likeness (QED) is 0.558. The predicted octanol–water partition coefficient (Wildman–Crippen LogP) is 3.63. The van der Waals surface area contributed by atoms with Gasteiger partial charge in [-0.3, -0.25) is 4.98 Å². The molecule has 0 N–H and O–H groups in total. The van der Waals surface area contributed by atoms with E-state index in [1.165, 1.54) is 0 Å². The van der Waals surface area contributed by atoms with Crippen molar-refractivity contribution in [1.29, 1.82) is 0 Å². The van der Waals surface area contributed by atoms with E-state index in [2.05, 4.69) is 4.98 Å². The van der Waals surface area contributed by atoms with E-state index in [0.29, 0.717) is 10.6 Å². The van der Waals surface area contributed by atoms with Crippen molar-refractivity contribution in [3.8, 4) is 0 Å². The zero-order valence-corrected chi connectivity index (χ0v) is 7.95. The standard InChI is InChI=1S/C11H6ClNO/c12-8-4-1-3-7-10-9(14-11(7)8)5-2-6-13-10/h1-6H. The fourth-order valence-corrected chi connectivity index (χ4v) is 1.80. The molecular formula is C11H6ClNO. The Labute approximate surface area is 85.1 Å². The van der Waals surface area contributed by atoms with Crippen LogP contribution < -0.4 is 0 Å². The second-order valence-corrected chi connectivity index (χ2v) is 3.48. The molecule has 3 heteroatoms. The van der Waals surface area contributed by atoms with Crippen molar-refractivity contribution in [2.45, 2.75) is 0 Å². The van der Waals surface area contributed by atoms with Gasteiger partial charge in [-0.2, -0.15) is 0 Å². The molecule has 0 saturated carbocycles. The minimum Gasteiger partial charge on any atom is -0.453 e. The number of furan rings is 1. The van der Waals surface area contributed by atoms with Crippen molar-refractivity contribution in [3.63, 3.8) is 0 Å². The van der Waals surface area contributed by atoms with Crippen molar-refractivity contribution in [1.82, 2.24) is 4.98 Å². The Balaban J connectivity index is 2.63. The van der Waals surface area contributed by atoms with Crippen LogP contribution in [0.25, 0.3) is 22.1 Å². The first-order chi connectivity index (χ1) is 6.86. The monoisotopic (exact) mass is 203 g/mol. The van der Waals surface area contributed by atoms with Crippen molar-refractivity contribution in [2.24, 2.45) is 0 Å². The van der Waals surface area contributed by atoms with Gasteiger partial charge >= 0.3 is 0 Å². The number of nitrogens with zero attached hydrogens (tertiary/aromatic N) is 1. The van der Waals surface area contributed by atoms with Crippen molar-refractivity contribution in [3.05, 3.63) is 41.6 Å². The number of halogens is 1. The van der Waals surface area contributed by atoms with Crippen LogP contribution in [0, 0.1) is 0 Å². The predicted molar refractivity (Wildman–Crippen MR) is 56.5 cm³/mol. The maximum Gasteiger partial charge on any atom is 0.155 e. The minimum absolute atomic E-state index is 0.625. The Hall–Kier alpha value is -1.54. The molecule has 14 heavy (non-hydrogen) atoms. The zero-order valence-electron chi connectivity index (χ0n) is 7.20. The summed E-state index contributed by atoms with van der Waals surface area (Å²) in [5, 5.41) is 1.59. The average molecular weight is 204 g/mol. The lowest BCUT2D eigenvalue weighted by Gasteiger charge is -1.89. The van der Waals surface area contributed by atoms with Gasteiger partial charge in [-0.1, -0.05) is 17.7 Å². The van der Waals surface area contributed by atoms with Gasteiger partial charge in [0.25, 0.3) is 0 Å². The summed E-state index contributed by atoms with van der Waals surface area (Å²) >= 11 is 6.01. The Morgan fingerprint density at radius 3 is 3.00 bits per heavy atom. The van der Waals surface area contributed by atoms with Crippen LogP contribution in [0.15, 0.2) is 40.9 Å². The molecule has 0 amide bonds. The van der Waals surface area contributed by atoms with Gasteiger partial charge in [0.2, 0.25) is 0 Å². The molecule has 2 aromatic heterocycles. The molecule has 0 saturated heterocycles. The SMILES string of the molecule is Clc1cccc2c1oc1cccnc12. The van der Waals surface area contributed by atoms with Crippen molar-refractivity contribution in [2.75, 3.05) is 0 Å². The Kier molecular flexibility index (Phi) is 1.52. The normalized spacial score (nSPS) is 11.2. The van der Waals surface area contributed by atoms with Gasteiger partial charge in [0.05, 0.1) is 5.02 Å². The first-order valence-corrected chi connectivity index (χ1v) is 4.66. The van der Waals surface area contributed by atoms with E-state index in [1.807, 2.05) is 30.3 Å². The number of hydrogen-bond donors (Lipinski definition) is 0. The summed E-state index contributed by atoms with van der Waals surface area (Å²) in [5.41, 5.74) is 2.35. The van der Waals surface area contributed by atoms with E-state index in [1.54, 1.807) is 6.20 Å². The maximum atomic E-state index is 6.01. The zero-order chi connectivity index (χ0) is 9.54. The number of hydrogen-bond acceptors (Lipinski definition) is 2. The van der Waals surface area contributed by atoms with Crippen LogP contribution in [0.3, 0.4) is 0 Å². The highest BCUT2D eigenvalue weighted by Crippen LogP contribution is 2.31. The van der Waals surface area contributed by atoms with Crippen LogP contribution in [0.4, 0.5) is 0 Å². The number of rotatable bonds is 0. The molecule has 0 aliphatic carbocycles. The second kappa shape index (κ2) is 2.72. The van der Waals surface area contributed by atoms with Crippen LogP contribution >= 0.6 is 11.6 Å². The van der Waals surface area contributed by atoms with Gasteiger partial charge in [-0.25, -0.2) is 0 Å². The third-order valence-corrected chi connectivity index (χ3v) is 2.50. The number of pyridine rings is 1. The number of aromatic nitrogens is 1. The average Bonchev–Trinajstić information content (AvgIpc) is 2.59. The summed E-state index contributed by atoms with van der Waals surface area (Å²) in [7, 11) is 0. The third-order valence-electron chi connectivity index (χ3n) is 2.20. The molecule has 68 valence electrons. The third kappa shape index (κ3) is 0.946. The van der Waals surface area contributed by atoms with E-state index in [-0.39, 0.29) is 0 Å². The summed E-state index contributed by atoms with van der Waals surface area (Å²) in [6, 6.07) is 9.40. The highest BCUT2D eigenvalue weighted by molar-refractivity contribution is 6.35. The fraction of sp³-hybridized carbons (Fsp3) is 0. The highest BCUT2D eigenvalue weighted by atomic mass is 35.5. The molecule has 0 aliphatic rings. The molecule has 3 aromatic rings. The Morgan fingerprint density at radius 2 is 2.07 bits per heavy atom. The summed E-state index contributed by atoms with van der Waals surface area (Å²) in [5.74, 6) is 0. The fourth-order valence-electron chi connectivity index (χ4n) is 1.58. The van der Waals surface area contributed by atoms with Crippen LogP contribution in [-0.2, 0) is 0 Å². The minimum atomic E-state index is 0.625. The molecule has 0 bridgehead atoms. The summed E-state index contributed by atoms with van der Waals surface area (Å²) < 4.78 is 5.59. The van der Waals surface area contributed by atoms with Gasteiger partial charge in [0, 0.05) is 11.6 Å². The highest BCUT2D eigenvalue weighted by Gasteiger charge is 2.08. The van der Waals surface area contributed by atoms with Gasteiger partial charge < -0.3 is 4.42 Å². The lowest BCUT2D eigenvalue weighted by molar-refractivity contribution is 0.668. The van der Waals surface area contributed by atoms with E-state index in [9.17, 15) is 0 Å². The van der Waals surface area contributed by atoms with Gasteiger partial charge in [-0.05, 0) is 24.3 Å². The van der Waals surface area contributed by atoms with Crippen LogP contribution in [0.2, 0.25) is 5.02 Å². The van der Waals surface area contributed by atoms with Gasteiger partial charge in [0.15, 0.2) is 11.2 Å². The first kappa shape index (κ1) is 7.83. The lowest BCUT2D eigenvalue weighted by atomic mass is 10.2. The Morgan fingerprint density at radius 1 is 1.14 bits per heavy atom. The Bertz CT molecular complexity index is 615. The van der Waals surface area contributed by atoms with E-state index >= 15 is 0 Å². The number of fused-ring (bicyclic) bond motifs is 3. The molecule has 1 aromatic carbocycles. The largest absolute Gasteiger partial charge is 0.453 e. The van der Waals surface area contributed by atoms with Crippen molar-refractivity contribution < 1.29 is 4.42 Å². The molecule has 0 spiro atoms. The summed E-state index contributed by atoms with van der Waals surface area (Å²) in [6.45, 7) is 0. The number of para-hydroxylation sites is 1. The van der Waals surface area contributed by atoms with Gasteiger partial charge in [-0.15, -0.1) is 0 Å². The second-order valence-electron chi connectivity index (χ2n) is 3.07. The molecule has 0 unspecified atom stereocenters. The molecular weight excluding hydrogens is 198 g/mol.